The van der Waals surface area contributed by atoms with Gasteiger partial charge in [0.1, 0.15) is 5.76 Å². The summed E-state index contributed by atoms with van der Waals surface area (Å²) in [6, 6.07) is 18.6. The Bertz CT molecular complexity index is 1250. The van der Waals surface area contributed by atoms with E-state index < -0.39 is 5.25 Å². The molecule has 2 aromatic carbocycles. The lowest BCUT2D eigenvalue weighted by atomic mass is 10.2. The molecule has 0 spiro atoms. The number of para-hydroxylation sites is 1. The molecule has 0 radical (unpaired) electrons. The molecule has 0 aliphatic heterocycles. The fourth-order valence-electron chi connectivity index (χ4n) is 3.01. The van der Waals surface area contributed by atoms with Gasteiger partial charge in [0.25, 0.3) is 5.56 Å². The number of anilines is 1. The number of carbonyl (C=O) groups excluding carboxylic acids is 1. The van der Waals surface area contributed by atoms with Crippen molar-refractivity contribution >= 4 is 34.4 Å². The molecule has 2 aromatic heterocycles. The number of amides is 1. The molecular weight excluding hydrogens is 400 g/mol. The normalized spacial score (nSPS) is 12.1. The van der Waals surface area contributed by atoms with E-state index in [1.807, 2.05) is 42.5 Å². The van der Waals surface area contributed by atoms with Gasteiger partial charge in [-0.25, -0.2) is 4.98 Å². The van der Waals surface area contributed by atoms with Crippen LogP contribution in [0.1, 0.15) is 18.2 Å². The van der Waals surface area contributed by atoms with Gasteiger partial charge >= 0.3 is 0 Å². The third kappa shape index (κ3) is 4.28. The van der Waals surface area contributed by atoms with E-state index in [4.69, 9.17) is 4.52 Å². The highest BCUT2D eigenvalue weighted by atomic mass is 32.2. The van der Waals surface area contributed by atoms with Crippen molar-refractivity contribution in [3.63, 3.8) is 0 Å². The molecule has 2 heterocycles. The average Bonchev–Trinajstić information content (AvgIpc) is 3.16. The minimum absolute atomic E-state index is 0.133. The van der Waals surface area contributed by atoms with E-state index >= 15 is 0 Å². The quantitative estimate of drug-likeness (QED) is 0.376. The highest BCUT2D eigenvalue weighted by molar-refractivity contribution is 8.00. The Kier molecular flexibility index (Phi) is 5.67. The Morgan fingerprint density at radius 2 is 1.90 bits per heavy atom. The van der Waals surface area contributed by atoms with E-state index in [1.54, 1.807) is 36.6 Å². The lowest BCUT2D eigenvalue weighted by Gasteiger charge is -2.16. The van der Waals surface area contributed by atoms with E-state index in [1.165, 1.54) is 11.8 Å². The van der Waals surface area contributed by atoms with Crippen molar-refractivity contribution in [2.24, 2.45) is 0 Å². The molecule has 4 rings (SSSR count). The molecule has 8 heteroatoms. The molecule has 0 aliphatic rings. The summed E-state index contributed by atoms with van der Waals surface area (Å²) in [7, 11) is 0. The molecule has 4 aromatic rings. The summed E-state index contributed by atoms with van der Waals surface area (Å²) < 4.78 is 6.60. The highest BCUT2D eigenvalue weighted by Crippen LogP contribution is 2.24. The zero-order chi connectivity index (χ0) is 21.1. The van der Waals surface area contributed by atoms with Gasteiger partial charge in [-0.05, 0) is 31.5 Å². The maximum absolute atomic E-state index is 13.2. The maximum Gasteiger partial charge on any atom is 0.262 e. The Morgan fingerprint density at radius 1 is 1.17 bits per heavy atom. The van der Waals surface area contributed by atoms with Gasteiger partial charge in [-0.15, -0.1) is 0 Å². The molecule has 1 unspecified atom stereocenters. The number of nitrogens with zero attached hydrogens (tertiary/aromatic N) is 3. The maximum atomic E-state index is 13.2. The fraction of sp³-hybridized carbons (Fsp3) is 0.182. The van der Waals surface area contributed by atoms with Gasteiger partial charge in [0, 0.05) is 6.07 Å². The summed E-state index contributed by atoms with van der Waals surface area (Å²) >= 11 is 1.23. The number of rotatable bonds is 6. The molecule has 0 fully saturated rings. The Morgan fingerprint density at radius 3 is 2.63 bits per heavy atom. The van der Waals surface area contributed by atoms with Gasteiger partial charge < -0.3 is 9.84 Å². The molecule has 0 saturated carbocycles. The summed E-state index contributed by atoms with van der Waals surface area (Å²) in [4.78, 5) is 30.5. The third-order valence-corrected chi connectivity index (χ3v) is 5.63. The van der Waals surface area contributed by atoms with E-state index in [9.17, 15) is 9.59 Å². The number of fused-ring (bicyclic) bond motifs is 1. The zero-order valence-electron chi connectivity index (χ0n) is 16.5. The largest absolute Gasteiger partial charge is 0.360 e. The monoisotopic (exact) mass is 420 g/mol. The predicted molar refractivity (Wildman–Crippen MR) is 117 cm³/mol. The van der Waals surface area contributed by atoms with Crippen LogP contribution in [-0.2, 0) is 11.3 Å². The number of hydrogen-bond donors (Lipinski definition) is 1. The highest BCUT2D eigenvalue weighted by Gasteiger charge is 2.20. The van der Waals surface area contributed by atoms with Gasteiger partial charge in [0.05, 0.1) is 22.7 Å². The zero-order valence-corrected chi connectivity index (χ0v) is 17.3. The average molecular weight is 420 g/mol. The van der Waals surface area contributed by atoms with Crippen LogP contribution >= 0.6 is 11.8 Å². The SMILES string of the molecule is Cc1cc(NC(=O)C(C)Sc2nc3ccccc3c(=O)n2Cc2ccccc2)no1. The summed E-state index contributed by atoms with van der Waals surface area (Å²) in [5, 5.41) is 7.04. The number of hydrogen-bond acceptors (Lipinski definition) is 6. The van der Waals surface area contributed by atoms with Crippen molar-refractivity contribution < 1.29 is 9.32 Å². The summed E-state index contributed by atoms with van der Waals surface area (Å²) in [6.07, 6.45) is 0. The minimum Gasteiger partial charge on any atom is -0.360 e. The van der Waals surface area contributed by atoms with E-state index in [2.05, 4.69) is 15.5 Å². The third-order valence-electron chi connectivity index (χ3n) is 4.54. The molecule has 30 heavy (non-hydrogen) atoms. The standard InChI is InChI=1S/C22H20N4O3S/c1-14-12-19(25-29-14)24-20(27)15(2)30-22-23-18-11-7-6-10-17(18)21(28)26(22)13-16-8-4-3-5-9-16/h3-12,15H,13H2,1-2H3,(H,24,25,27). The molecule has 7 nitrogen and oxygen atoms in total. The summed E-state index contributed by atoms with van der Waals surface area (Å²) in [6.45, 7) is 3.89. The molecule has 1 amide bonds. The smallest absolute Gasteiger partial charge is 0.262 e. The molecule has 152 valence electrons. The number of thioether (sulfide) groups is 1. The van der Waals surface area contributed by atoms with Crippen molar-refractivity contribution in [2.45, 2.75) is 30.8 Å². The van der Waals surface area contributed by atoms with Gasteiger partial charge in [0.2, 0.25) is 5.91 Å². The second-order valence-corrected chi connectivity index (χ2v) is 8.17. The van der Waals surface area contributed by atoms with Crippen LogP contribution in [0.2, 0.25) is 0 Å². The molecule has 1 atom stereocenters. The van der Waals surface area contributed by atoms with Crippen molar-refractivity contribution in [3.8, 4) is 0 Å². The second-order valence-electron chi connectivity index (χ2n) is 6.86. The first-order valence-electron chi connectivity index (χ1n) is 9.45. The first-order valence-corrected chi connectivity index (χ1v) is 10.3. The molecule has 0 aliphatic carbocycles. The van der Waals surface area contributed by atoms with Crippen LogP contribution < -0.4 is 10.9 Å². The molecule has 0 bridgehead atoms. The van der Waals surface area contributed by atoms with Crippen LogP contribution in [-0.4, -0.2) is 25.9 Å². The topological polar surface area (TPSA) is 90.0 Å². The predicted octanol–water partition coefficient (Wildman–Crippen LogP) is 3.86. The first-order chi connectivity index (χ1) is 14.5. The van der Waals surface area contributed by atoms with Crippen molar-refractivity contribution in [3.05, 3.63) is 82.3 Å². The van der Waals surface area contributed by atoms with Gasteiger partial charge in [-0.2, -0.15) is 0 Å². The second kappa shape index (κ2) is 8.54. The van der Waals surface area contributed by atoms with Gasteiger partial charge in [-0.3, -0.25) is 14.2 Å². The number of nitrogens with one attached hydrogen (secondary N) is 1. The number of aromatic nitrogens is 3. The van der Waals surface area contributed by atoms with Crippen LogP contribution in [0, 0.1) is 6.92 Å². The Labute approximate surface area is 177 Å². The molecule has 1 N–H and O–H groups in total. The van der Waals surface area contributed by atoms with E-state index in [-0.39, 0.29) is 11.5 Å². The molecule has 0 saturated heterocycles. The minimum atomic E-state index is -0.503. The van der Waals surface area contributed by atoms with Crippen LogP contribution in [0.3, 0.4) is 0 Å². The Hall–Kier alpha value is -3.39. The van der Waals surface area contributed by atoms with Crippen molar-refractivity contribution in [2.75, 3.05) is 5.32 Å². The molecular formula is C22H20N4O3S. The van der Waals surface area contributed by atoms with E-state index in [0.29, 0.717) is 34.2 Å². The first kappa shape index (κ1) is 19.9. The van der Waals surface area contributed by atoms with Crippen LogP contribution in [0.15, 0.2) is 75.1 Å². The number of aryl methyl sites for hydroxylation is 1. The number of carbonyl (C=O) groups is 1. The van der Waals surface area contributed by atoms with Crippen molar-refractivity contribution in [1.82, 2.24) is 14.7 Å². The van der Waals surface area contributed by atoms with Crippen LogP contribution in [0.5, 0.6) is 0 Å². The summed E-state index contributed by atoms with van der Waals surface area (Å²) in [5.41, 5.74) is 1.45. The van der Waals surface area contributed by atoms with Crippen molar-refractivity contribution in [1.29, 1.82) is 0 Å². The van der Waals surface area contributed by atoms with Gasteiger partial charge in [-0.1, -0.05) is 59.4 Å². The van der Waals surface area contributed by atoms with E-state index in [0.717, 1.165) is 5.56 Å². The fourth-order valence-corrected chi connectivity index (χ4v) is 3.92. The number of benzene rings is 2. The summed E-state index contributed by atoms with van der Waals surface area (Å²) in [5.74, 6) is 0.721. The lowest BCUT2D eigenvalue weighted by Crippen LogP contribution is -2.27. The van der Waals surface area contributed by atoms with Gasteiger partial charge in [0.15, 0.2) is 11.0 Å². The lowest BCUT2D eigenvalue weighted by molar-refractivity contribution is -0.115. The van der Waals surface area contributed by atoms with Crippen LogP contribution in [0.25, 0.3) is 10.9 Å². The Balaban J connectivity index is 1.66. The van der Waals surface area contributed by atoms with Crippen LogP contribution in [0.4, 0.5) is 5.82 Å².